The number of aromatic nitrogens is 2. The van der Waals surface area contributed by atoms with E-state index in [1.807, 2.05) is 11.3 Å². The average Bonchev–Trinajstić information content (AvgIpc) is 4.02. The lowest BCUT2D eigenvalue weighted by Gasteiger charge is -2.30. The molecule has 0 saturated heterocycles. The van der Waals surface area contributed by atoms with Gasteiger partial charge in [0.15, 0.2) is 5.82 Å². The minimum absolute atomic E-state index is 0.453. The summed E-state index contributed by atoms with van der Waals surface area (Å²) in [5.74, 6) is 0.696. The molecule has 14 rings (SSSR count). The van der Waals surface area contributed by atoms with Crippen molar-refractivity contribution >= 4 is 42.3 Å². The predicted molar refractivity (Wildman–Crippen MR) is 276 cm³/mol. The van der Waals surface area contributed by atoms with Gasteiger partial charge >= 0.3 is 0 Å². The van der Waals surface area contributed by atoms with E-state index in [1.165, 1.54) is 81.0 Å². The number of nitrogens with zero attached hydrogens (tertiary/aromatic N) is 2. The molecular formula is C63H38N2S. The fourth-order valence-electron chi connectivity index (χ4n) is 11.2. The lowest BCUT2D eigenvalue weighted by atomic mass is 9.70. The van der Waals surface area contributed by atoms with Gasteiger partial charge < -0.3 is 0 Å². The highest BCUT2D eigenvalue weighted by Crippen LogP contribution is 2.64. The van der Waals surface area contributed by atoms with Crippen LogP contribution < -0.4 is 0 Å². The lowest BCUT2D eigenvalue weighted by Crippen LogP contribution is -2.25. The second kappa shape index (κ2) is 14.4. The van der Waals surface area contributed by atoms with E-state index in [0.29, 0.717) is 5.82 Å². The molecule has 0 fully saturated rings. The summed E-state index contributed by atoms with van der Waals surface area (Å²) in [7, 11) is 0. The largest absolute Gasteiger partial charge is 0.228 e. The van der Waals surface area contributed by atoms with Crippen LogP contribution in [0, 0.1) is 0 Å². The summed E-state index contributed by atoms with van der Waals surface area (Å²) in [4.78, 5) is 11.0. The summed E-state index contributed by atoms with van der Waals surface area (Å²) in [5.41, 5.74) is 19.4. The normalized spacial score (nSPS) is 13.0. The van der Waals surface area contributed by atoms with Crippen LogP contribution >= 0.6 is 11.3 Å². The Hall–Kier alpha value is -8.24. The molecule has 0 N–H and O–H groups in total. The molecule has 0 radical (unpaired) electrons. The molecule has 0 saturated carbocycles. The summed E-state index contributed by atoms with van der Waals surface area (Å²) in [6.45, 7) is 0. The van der Waals surface area contributed by atoms with Crippen molar-refractivity contribution in [3.63, 3.8) is 0 Å². The Morgan fingerprint density at radius 1 is 0.303 bits per heavy atom. The standard InChI is InChI=1S/C63H38N2S/c1-2-16-40(17-3-1)62-64-57(38-58(65-62)51-23-14-27-56-61(51)50-22-8-12-26-55(50)63(56)53-24-10-6-19-47(53)48-20-7-11-25-54(48)63)46-35-44(42-30-29-39-15-4-5-18-41(39)33-42)34-45(36-46)43-31-32-60-52(37-43)49-21-9-13-28-59(49)66-60/h1-38H. The van der Waals surface area contributed by atoms with Crippen molar-refractivity contribution in [3.8, 4) is 78.4 Å². The Morgan fingerprint density at radius 3 is 1.65 bits per heavy atom. The Kier molecular flexibility index (Phi) is 8.10. The minimum Gasteiger partial charge on any atom is -0.228 e. The Morgan fingerprint density at radius 2 is 0.864 bits per heavy atom. The van der Waals surface area contributed by atoms with E-state index in [1.54, 1.807) is 0 Å². The van der Waals surface area contributed by atoms with Crippen LogP contribution in [0.2, 0.25) is 0 Å². The fraction of sp³-hybridized carbons (Fsp3) is 0.0159. The minimum atomic E-state index is -0.453. The highest BCUT2D eigenvalue weighted by atomic mass is 32.1. The van der Waals surface area contributed by atoms with Crippen molar-refractivity contribution in [2.45, 2.75) is 5.41 Å². The first-order chi connectivity index (χ1) is 32.7. The maximum atomic E-state index is 5.50. The molecule has 306 valence electrons. The molecule has 0 bridgehead atoms. The van der Waals surface area contributed by atoms with Crippen LogP contribution in [-0.4, -0.2) is 9.97 Å². The molecule has 0 atom stereocenters. The highest BCUT2D eigenvalue weighted by molar-refractivity contribution is 7.25. The Labute approximate surface area is 386 Å². The van der Waals surface area contributed by atoms with E-state index in [4.69, 9.17) is 9.97 Å². The van der Waals surface area contributed by atoms with Crippen LogP contribution in [0.15, 0.2) is 231 Å². The van der Waals surface area contributed by atoms with E-state index in [2.05, 4.69) is 231 Å². The van der Waals surface area contributed by atoms with Gasteiger partial charge in [0.05, 0.1) is 16.8 Å². The Balaban J connectivity index is 1.02. The number of hydrogen-bond donors (Lipinski definition) is 0. The molecule has 2 heterocycles. The third kappa shape index (κ3) is 5.47. The molecule has 12 aromatic rings. The SMILES string of the molecule is c1ccc(-c2nc(-c3cc(-c4ccc5ccccc5c4)cc(-c4ccc5sc6ccccc6c5c4)c3)cc(-c3cccc4c3-c3ccccc3C43c4ccccc4-c4ccccc43)n2)cc1. The van der Waals surface area contributed by atoms with Crippen LogP contribution in [0.1, 0.15) is 22.3 Å². The number of thiophene rings is 1. The van der Waals surface area contributed by atoms with Crippen molar-refractivity contribution in [3.05, 3.63) is 253 Å². The van der Waals surface area contributed by atoms with E-state index in [-0.39, 0.29) is 0 Å². The summed E-state index contributed by atoms with van der Waals surface area (Å²) < 4.78 is 2.60. The summed E-state index contributed by atoms with van der Waals surface area (Å²) in [6.07, 6.45) is 0. The molecule has 10 aromatic carbocycles. The number of fused-ring (bicyclic) bond motifs is 14. The van der Waals surface area contributed by atoms with Crippen molar-refractivity contribution in [1.29, 1.82) is 0 Å². The molecule has 3 heteroatoms. The van der Waals surface area contributed by atoms with Gasteiger partial charge in [-0.1, -0.05) is 182 Å². The maximum absolute atomic E-state index is 5.50. The zero-order valence-electron chi connectivity index (χ0n) is 35.7. The number of hydrogen-bond acceptors (Lipinski definition) is 3. The molecule has 66 heavy (non-hydrogen) atoms. The van der Waals surface area contributed by atoms with Crippen molar-refractivity contribution in [2.75, 3.05) is 0 Å². The smallest absolute Gasteiger partial charge is 0.160 e. The lowest BCUT2D eigenvalue weighted by molar-refractivity contribution is 0.794. The van der Waals surface area contributed by atoms with Crippen molar-refractivity contribution < 1.29 is 0 Å². The Bertz CT molecular complexity index is 3910. The van der Waals surface area contributed by atoms with Gasteiger partial charge in [0, 0.05) is 36.9 Å². The van der Waals surface area contributed by atoms with Gasteiger partial charge in [-0.25, -0.2) is 9.97 Å². The summed E-state index contributed by atoms with van der Waals surface area (Å²) in [6, 6.07) is 84.6. The van der Waals surface area contributed by atoms with Gasteiger partial charge in [-0.3, -0.25) is 0 Å². The van der Waals surface area contributed by atoms with E-state index in [0.717, 1.165) is 44.8 Å². The van der Waals surface area contributed by atoms with Gasteiger partial charge in [-0.05, 0) is 126 Å². The molecule has 0 aliphatic heterocycles. The topological polar surface area (TPSA) is 25.8 Å². The first-order valence-corrected chi connectivity index (χ1v) is 23.4. The third-order valence-electron chi connectivity index (χ3n) is 14.1. The zero-order valence-corrected chi connectivity index (χ0v) is 36.6. The number of rotatable bonds is 5. The van der Waals surface area contributed by atoms with Crippen LogP contribution in [0.4, 0.5) is 0 Å². The van der Waals surface area contributed by atoms with E-state index >= 15 is 0 Å². The van der Waals surface area contributed by atoms with Crippen LogP contribution in [0.5, 0.6) is 0 Å². The molecule has 0 amide bonds. The first kappa shape index (κ1) is 37.2. The second-order valence-electron chi connectivity index (χ2n) is 17.6. The number of benzene rings is 10. The van der Waals surface area contributed by atoms with Crippen LogP contribution in [-0.2, 0) is 5.41 Å². The van der Waals surface area contributed by atoms with Crippen molar-refractivity contribution in [1.82, 2.24) is 9.97 Å². The molecule has 2 aliphatic rings. The van der Waals surface area contributed by atoms with Crippen molar-refractivity contribution in [2.24, 2.45) is 0 Å². The van der Waals surface area contributed by atoms with Crippen LogP contribution in [0.3, 0.4) is 0 Å². The summed E-state index contributed by atoms with van der Waals surface area (Å²) in [5, 5.41) is 5.02. The average molecular weight is 855 g/mol. The maximum Gasteiger partial charge on any atom is 0.160 e. The zero-order chi connectivity index (χ0) is 43.3. The van der Waals surface area contributed by atoms with Gasteiger partial charge in [-0.2, -0.15) is 0 Å². The molecule has 2 aliphatic carbocycles. The summed E-state index contributed by atoms with van der Waals surface area (Å²) >= 11 is 1.85. The van der Waals surface area contributed by atoms with Crippen LogP contribution in [0.25, 0.3) is 109 Å². The quantitative estimate of drug-likeness (QED) is 0.172. The molecule has 2 aromatic heterocycles. The highest BCUT2D eigenvalue weighted by Gasteiger charge is 2.52. The monoisotopic (exact) mass is 854 g/mol. The van der Waals surface area contributed by atoms with Gasteiger partial charge in [0.1, 0.15) is 0 Å². The predicted octanol–water partition coefficient (Wildman–Crippen LogP) is 16.7. The first-order valence-electron chi connectivity index (χ1n) is 22.6. The fourth-order valence-corrected chi connectivity index (χ4v) is 12.3. The molecule has 1 spiro atoms. The second-order valence-corrected chi connectivity index (χ2v) is 18.7. The molecule has 2 nitrogen and oxygen atoms in total. The molecule has 0 unspecified atom stereocenters. The molecular weight excluding hydrogens is 817 g/mol. The van der Waals surface area contributed by atoms with Gasteiger partial charge in [0.25, 0.3) is 0 Å². The third-order valence-corrected chi connectivity index (χ3v) is 15.2. The van der Waals surface area contributed by atoms with Gasteiger partial charge in [-0.15, -0.1) is 11.3 Å². The van der Waals surface area contributed by atoms with Gasteiger partial charge in [0.2, 0.25) is 0 Å². The van der Waals surface area contributed by atoms with E-state index in [9.17, 15) is 0 Å². The van der Waals surface area contributed by atoms with E-state index < -0.39 is 5.41 Å².